The molecule has 0 aliphatic heterocycles. The summed E-state index contributed by atoms with van der Waals surface area (Å²) in [7, 11) is 2.14. The van der Waals surface area contributed by atoms with E-state index in [0.29, 0.717) is 0 Å². The second kappa shape index (κ2) is 7.48. The Balaban J connectivity index is 2.24. The molecule has 0 saturated carbocycles. The lowest BCUT2D eigenvalue weighted by molar-refractivity contribution is 0.704. The van der Waals surface area contributed by atoms with Gasteiger partial charge in [-0.3, -0.25) is 0 Å². The van der Waals surface area contributed by atoms with Crippen molar-refractivity contribution in [3.8, 4) is 0 Å². The van der Waals surface area contributed by atoms with E-state index in [2.05, 4.69) is 61.4 Å². The van der Waals surface area contributed by atoms with Gasteiger partial charge in [-0.1, -0.05) is 48.9 Å². The quantitative estimate of drug-likeness (QED) is 0.836. The van der Waals surface area contributed by atoms with Crippen LogP contribution in [0.25, 0.3) is 0 Å². The van der Waals surface area contributed by atoms with E-state index in [9.17, 15) is 0 Å². The molecule has 0 aliphatic carbocycles. The summed E-state index contributed by atoms with van der Waals surface area (Å²) in [6, 6.07) is 16.9. The van der Waals surface area contributed by atoms with Crippen LogP contribution in [0.4, 0.5) is 5.69 Å². The van der Waals surface area contributed by atoms with Gasteiger partial charge in [-0.2, -0.15) is 0 Å². The molecule has 0 saturated heterocycles. The zero-order valence-corrected chi connectivity index (χ0v) is 13.7. The van der Waals surface area contributed by atoms with Gasteiger partial charge in [0.2, 0.25) is 0 Å². The molecule has 2 aromatic rings. The number of benzene rings is 2. The molecule has 2 aromatic carbocycles. The van der Waals surface area contributed by atoms with Crippen LogP contribution in [0.2, 0.25) is 5.02 Å². The minimum Gasteiger partial charge on any atom is -0.368 e. The lowest BCUT2D eigenvalue weighted by Crippen LogP contribution is -2.24. The number of nitrogens with zero attached hydrogens (tertiary/aromatic N) is 1. The molecule has 0 aromatic heterocycles. The van der Waals surface area contributed by atoms with Crippen LogP contribution >= 0.6 is 11.6 Å². The highest BCUT2D eigenvalue weighted by molar-refractivity contribution is 6.30. The first-order chi connectivity index (χ1) is 10.1. The van der Waals surface area contributed by atoms with Crippen molar-refractivity contribution in [1.82, 2.24) is 5.32 Å². The number of hydrogen-bond donors (Lipinski definition) is 1. The van der Waals surface area contributed by atoms with Gasteiger partial charge >= 0.3 is 0 Å². The molecular weight excluding hydrogens is 280 g/mol. The van der Waals surface area contributed by atoms with Crippen molar-refractivity contribution in [2.75, 3.05) is 18.5 Å². The summed E-state index contributed by atoms with van der Waals surface area (Å²) >= 11 is 6.11. The molecule has 0 radical (unpaired) electrons. The second-order valence-electron chi connectivity index (χ2n) is 5.25. The van der Waals surface area contributed by atoms with E-state index < -0.39 is 0 Å². The molecule has 21 heavy (non-hydrogen) atoms. The number of rotatable bonds is 6. The number of anilines is 1. The van der Waals surface area contributed by atoms with Crippen molar-refractivity contribution in [2.24, 2.45) is 0 Å². The monoisotopic (exact) mass is 302 g/mol. The highest BCUT2D eigenvalue weighted by Gasteiger charge is 2.15. The van der Waals surface area contributed by atoms with E-state index in [1.165, 1.54) is 16.8 Å². The maximum Gasteiger partial charge on any atom is 0.0511 e. The number of halogens is 1. The van der Waals surface area contributed by atoms with Crippen LogP contribution in [0.5, 0.6) is 0 Å². The third-order valence-electron chi connectivity index (χ3n) is 3.85. The van der Waals surface area contributed by atoms with E-state index in [1.807, 2.05) is 18.2 Å². The van der Waals surface area contributed by atoms with E-state index in [1.54, 1.807) is 0 Å². The van der Waals surface area contributed by atoms with Gasteiger partial charge in [-0.25, -0.2) is 0 Å². The zero-order valence-electron chi connectivity index (χ0n) is 12.9. The summed E-state index contributed by atoms with van der Waals surface area (Å²) in [5.41, 5.74) is 3.80. The standard InChI is InChI=1S/C18H23ClN2/c1-4-20-13-16-8-5-6-11-18(16)21(3)14(2)15-9-7-10-17(19)12-15/h5-12,14,20H,4,13H2,1-3H3. The van der Waals surface area contributed by atoms with Gasteiger partial charge in [-0.15, -0.1) is 0 Å². The molecule has 1 atom stereocenters. The molecule has 112 valence electrons. The van der Waals surface area contributed by atoms with Gasteiger partial charge in [0.05, 0.1) is 6.04 Å². The van der Waals surface area contributed by atoms with Gasteiger partial charge in [0.1, 0.15) is 0 Å². The molecule has 0 spiro atoms. The van der Waals surface area contributed by atoms with Crippen LogP contribution < -0.4 is 10.2 Å². The first-order valence-electron chi connectivity index (χ1n) is 7.40. The molecule has 0 heterocycles. The summed E-state index contributed by atoms with van der Waals surface area (Å²) in [5, 5.41) is 4.19. The third-order valence-corrected chi connectivity index (χ3v) is 4.08. The van der Waals surface area contributed by atoms with Crippen molar-refractivity contribution < 1.29 is 0 Å². The number of para-hydroxylation sites is 1. The van der Waals surface area contributed by atoms with Crippen LogP contribution in [0.1, 0.15) is 31.0 Å². The Hall–Kier alpha value is -1.51. The highest BCUT2D eigenvalue weighted by Crippen LogP contribution is 2.29. The van der Waals surface area contributed by atoms with Crippen molar-refractivity contribution >= 4 is 17.3 Å². The first kappa shape index (κ1) is 15.9. The maximum atomic E-state index is 6.11. The van der Waals surface area contributed by atoms with Crippen molar-refractivity contribution in [3.63, 3.8) is 0 Å². The summed E-state index contributed by atoms with van der Waals surface area (Å²) in [5.74, 6) is 0. The average molecular weight is 303 g/mol. The lowest BCUT2D eigenvalue weighted by atomic mass is 10.0. The van der Waals surface area contributed by atoms with Crippen LogP contribution in [0.3, 0.4) is 0 Å². The molecule has 1 unspecified atom stereocenters. The molecule has 0 bridgehead atoms. The maximum absolute atomic E-state index is 6.11. The number of hydrogen-bond acceptors (Lipinski definition) is 2. The SMILES string of the molecule is CCNCc1ccccc1N(C)C(C)c1cccc(Cl)c1. The molecular formula is C18H23ClN2. The van der Waals surface area contributed by atoms with Crippen molar-refractivity contribution in [1.29, 1.82) is 0 Å². The second-order valence-corrected chi connectivity index (χ2v) is 5.69. The minimum absolute atomic E-state index is 0.270. The Morgan fingerprint density at radius 3 is 2.62 bits per heavy atom. The van der Waals surface area contributed by atoms with Crippen molar-refractivity contribution in [2.45, 2.75) is 26.4 Å². The van der Waals surface area contributed by atoms with E-state index in [-0.39, 0.29) is 6.04 Å². The lowest BCUT2D eigenvalue weighted by Gasteiger charge is -2.29. The van der Waals surface area contributed by atoms with Gasteiger partial charge in [0.25, 0.3) is 0 Å². The van der Waals surface area contributed by atoms with Gasteiger partial charge < -0.3 is 10.2 Å². The predicted molar refractivity (Wildman–Crippen MR) is 92.1 cm³/mol. The Morgan fingerprint density at radius 1 is 1.14 bits per heavy atom. The van der Waals surface area contributed by atoms with E-state index in [4.69, 9.17) is 11.6 Å². The van der Waals surface area contributed by atoms with E-state index in [0.717, 1.165) is 18.1 Å². The highest BCUT2D eigenvalue weighted by atomic mass is 35.5. The van der Waals surface area contributed by atoms with Gasteiger partial charge in [-0.05, 0) is 42.8 Å². The molecule has 0 aliphatic rings. The average Bonchev–Trinajstić information content (AvgIpc) is 2.51. The first-order valence-corrected chi connectivity index (χ1v) is 7.78. The Morgan fingerprint density at radius 2 is 1.90 bits per heavy atom. The topological polar surface area (TPSA) is 15.3 Å². The minimum atomic E-state index is 0.270. The Labute approximate surface area is 132 Å². The number of nitrogens with one attached hydrogen (secondary N) is 1. The Bertz CT molecular complexity index is 583. The molecule has 1 N–H and O–H groups in total. The summed E-state index contributed by atoms with van der Waals surface area (Å²) in [4.78, 5) is 2.30. The molecule has 2 nitrogen and oxygen atoms in total. The Kier molecular flexibility index (Phi) is 5.66. The van der Waals surface area contributed by atoms with Gasteiger partial charge in [0, 0.05) is 24.3 Å². The molecule has 0 fully saturated rings. The summed E-state index contributed by atoms with van der Waals surface area (Å²) in [6.45, 7) is 6.19. The van der Waals surface area contributed by atoms with Crippen LogP contribution in [0.15, 0.2) is 48.5 Å². The fourth-order valence-corrected chi connectivity index (χ4v) is 2.66. The smallest absolute Gasteiger partial charge is 0.0511 e. The zero-order chi connectivity index (χ0) is 15.2. The van der Waals surface area contributed by atoms with Gasteiger partial charge in [0.15, 0.2) is 0 Å². The van der Waals surface area contributed by atoms with Crippen LogP contribution in [0, 0.1) is 0 Å². The fourth-order valence-electron chi connectivity index (χ4n) is 2.46. The predicted octanol–water partition coefficient (Wildman–Crippen LogP) is 4.65. The summed E-state index contributed by atoms with van der Waals surface area (Å²) < 4.78 is 0. The fraction of sp³-hybridized carbons (Fsp3) is 0.333. The molecule has 0 amide bonds. The largest absolute Gasteiger partial charge is 0.368 e. The molecule has 3 heteroatoms. The van der Waals surface area contributed by atoms with Crippen LogP contribution in [-0.2, 0) is 6.54 Å². The normalized spacial score (nSPS) is 12.2. The van der Waals surface area contributed by atoms with E-state index >= 15 is 0 Å². The molecule has 2 rings (SSSR count). The van der Waals surface area contributed by atoms with Crippen LogP contribution in [-0.4, -0.2) is 13.6 Å². The summed E-state index contributed by atoms with van der Waals surface area (Å²) in [6.07, 6.45) is 0. The third kappa shape index (κ3) is 3.99. The van der Waals surface area contributed by atoms with Crippen molar-refractivity contribution in [3.05, 3.63) is 64.7 Å².